The highest BCUT2D eigenvalue weighted by molar-refractivity contribution is 7.99. The quantitative estimate of drug-likeness (QED) is 0.799. The van der Waals surface area contributed by atoms with Crippen molar-refractivity contribution in [1.29, 1.82) is 0 Å². The van der Waals surface area contributed by atoms with Gasteiger partial charge in [0.1, 0.15) is 10.7 Å². The number of rotatable bonds is 5. The van der Waals surface area contributed by atoms with Gasteiger partial charge in [0.25, 0.3) is 0 Å². The third-order valence-electron chi connectivity index (χ3n) is 2.22. The van der Waals surface area contributed by atoms with Crippen LogP contribution >= 0.6 is 11.8 Å². The molecule has 0 saturated heterocycles. The van der Waals surface area contributed by atoms with Crippen molar-refractivity contribution in [3.05, 3.63) is 24.0 Å². The number of benzene rings is 1. The van der Waals surface area contributed by atoms with Crippen molar-refractivity contribution in [3.63, 3.8) is 0 Å². The van der Waals surface area contributed by atoms with E-state index in [1.54, 1.807) is 11.8 Å². The van der Waals surface area contributed by atoms with E-state index < -0.39 is 15.8 Å². The number of nitrogens with one attached hydrogen (secondary N) is 1. The average molecular weight is 278 g/mol. The number of hydrogen-bond donors (Lipinski definition) is 2. The van der Waals surface area contributed by atoms with Crippen LogP contribution in [-0.4, -0.2) is 26.5 Å². The van der Waals surface area contributed by atoms with Crippen molar-refractivity contribution in [2.45, 2.75) is 17.1 Å². The first-order chi connectivity index (χ1) is 7.86. The number of halogens is 1. The van der Waals surface area contributed by atoms with Crippen LogP contribution in [0.2, 0.25) is 0 Å². The summed E-state index contributed by atoms with van der Waals surface area (Å²) in [6.45, 7) is 2.21. The normalized spacial score (nSPS) is 13.6. The minimum Gasteiger partial charge on any atom is -0.398 e. The number of thioether (sulfide) groups is 1. The highest BCUT2D eigenvalue weighted by Crippen LogP contribution is 2.19. The monoisotopic (exact) mass is 278 g/mol. The fraction of sp³-hybridized carbons (Fsp3) is 0.400. The van der Waals surface area contributed by atoms with Crippen LogP contribution < -0.4 is 10.5 Å². The molecule has 0 fully saturated rings. The molecule has 0 amide bonds. The smallest absolute Gasteiger partial charge is 0.242 e. The molecule has 0 heterocycles. The number of hydrogen-bond acceptors (Lipinski definition) is 4. The summed E-state index contributed by atoms with van der Waals surface area (Å²) in [6.07, 6.45) is 1.89. The Morgan fingerprint density at radius 3 is 2.71 bits per heavy atom. The van der Waals surface area contributed by atoms with Crippen LogP contribution in [0.15, 0.2) is 23.1 Å². The Kier molecular flexibility index (Phi) is 4.79. The topological polar surface area (TPSA) is 72.2 Å². The Morgan fingerprint density at radius 1 is 1.53 bits per heavy atom. The summed E-state index contributed by atoms with van der Waals surface area (Å²) < 4.78 is 39.0. The second-order valence-electron chi connectivity index (χ2n) is 3.58. The van der Waals surface area contributed by atoms with Gasteiger partial charge >= 0.3 is 0 Å². The summed E-state index contributed by atoms with van der Waals surface area (Å²) in [4.78, 5) is -0.0906. The lowest BCUT2D eigenvalue weighted by Gasteiger charge is -2.12. The average Bonchev–Trinajstić information content (AvgIpc) is 2.25. The molecular formula is C10H15FN2O2S2. The van der Waals surface area contributed by atoms with Crippen LogP contribution in [0, 0.1) is 5.82 Å². The van der Waals surface area contributed by atoms with Crippen LogP contribution in [0.5, 0.6) is 0 Å². The summed E-state index contributed by atoms with van der Waals surface area (Å²) in [5.41, 5.74) is 5.39. The zero-order chi connectivity index (χ0) is 13.1. The molecule has 4 nitrogen and oxygen atoms in total. The number of sulfonamides is 1. The Balaban J connectivity index is 2.90. The molecule has 7 heteroatoms. The Morgan fingerprint density at radius 2 is 2.18 bits per heavy atom. The molecular weight excluding hydrogens is 263 g/mol. The lowest BCUT2D eigenvalue weighted by atomic mass is 10.3. The van der Waals surface area contributed by atoms with E-state index in [-0.39, 0.29) is 15.8 Å². The molecule has 1 atom stereocenters. The molecule has 96 valence electrons. The van der Waals surface area contributed by atoms with Gasteiger partial charge in [-0.25, -0.2) is 17.5 Å². The standard InChI is InChI=1S/C10H15FN2O2S2/c1-7(16-2)6-13-17(14,15)10-4-3-8(11)5-9(10)12/h3-5,7,13H,6,12H2,1-2H3. The van der Waals surface area contributed by atoms with Gasteiger partial charge in [0.15, 0.2) is 0 Å². The summed E-state index contributed by atoms with van der Waals surface area (Å²) in [6, 6.07) is 3.23. The van der Waals surface area contributed by atoms with Crippen LogP contribution in [0.3, 0.4) is 0 Å². The second-order valence-corrected chi connectivity index (χ2v) is 6.59. The molecule has 0 aromatic heterocycles. The molecule has 1 aromatic carbocycles. The van der Waals surface area contributed by atoms with Crippen molar-refractivity contribution in [3.8, 4) is 0 Å². The first kappa shape index (κ1) is 14.3. The molecule has 0 saturated carbocycles. The highest BCUT2D eigenvalue weighted by atomic mass is 32.2. The maximum atomic E-state index is 12.8. The van der Waals surface area contributed by atoms with Gasteiger partial charge in [-0.3, -0.25) is 0 Å². The lowest BCUT2D eigenvalue weighted by molar-refractivity contribution is 0.581. The van der Waals surface area contributed by atoms with Crippen LogP contribution in [-0.2, 0) is 10.0 Å². The predicted octanol–water partition coefficient (Wildman–Crippen LogP) is 1.44. The first-order valence-electron chi connectivity index (χ1n) is 4.94. The van der Waals surface area contributed by atoms with Gasteiger partial charge in [-0.15, -0.1) is 0 Å². The predicted molar refractivity (Wildman–Crippen MR) is 69.0 cm³/mol. The zero-order valence-electron chi connectivity index (χ0n) is 9.60. The minimum absolute atomic E-state index is 0.0886. The molecule has 0 aliphatic rings. The lowest BCUT2D eigenvalue weighted by Crippen LogP contribution is -2.30. The fourth-order valence-corrected chi connectivity index (χ4v) is 2.75. The van der Waals surface area contributed by atoms with Gasteiger partial charge in [-0.1, -0.05) is 6.92 Å². The van der Waals surface area contributed by atoms with Gasteiger partial charge < -0.3 is 5.73 Å². The van der Waals surface area contributed by atoms with Gasteiger partial charge in [-0.05, 0) is 24.5 Å². The Hall–Kier alpha value is -0.790. The van der Waals surface area contributed by atoms with Crippen molar-refractivity contribution < 1.29 is 12.8 Å². The van der Waals surface area contributed by atoms with Crippen molar-refractivity contribution in [1.82, 2.24) is 4.72 Å². The molecule has 0 spiro atoms. The number of nitrogens with two attached hydrogens (primary N) is 1. The third-order valence-corrected chi connectivity index (χ3v) is 4.69. The fourth-order valence-electron chi connectivity index (χ4n) is 1.15. The largest absolute Gasteiger partial charge is 0.398 e. The molecule has 0 aliphatic carbocycles. The second kappa shape index (κ2) is 5.70. The van der Waals surface area contributed by atoms with E-state index in [4.69, 9.17) is 5.73 Å². The van der Waals surface area contributed by atoms with E-state index in [2.05, 4.69) is 4.72 Å². The van der Waals surface area contributed by atoms with E-state index in [1.165, 1.54) is 0 Å². The van der Waals surface area contributed by atoms with E-state index in [1.807, 2.05) is 13.2 Å². The van der Waals surface area contributed by atoms with Gasteiger partial charge in [0.05, 0.1) is 5.69 Å². The molecule has 0 radical (unpaired) electrons. The van der Waals surface area contributed by atoms with Crippen molar-refractivity contribution >= 4 is 27.5 Å². The van der Waals surface area contributed by atoms with E-state index in [9.17, 15) is 12.8 Å². The summed E-state index contributed by atoms with van der Waals surface area (Å²) in [5.74, 6) is -0.557. The van der Waals surface area contributed by atoms with E-state index >= 15 is 0 Å². The van der Waals surface area contributed by atoms with Gasteiger partial charge in [0, 0.05) is 11.8 Å². The van der Waals surface area contributed by atoms with Gasteiger partial charge in [0.2, 0.25) is 10.0 Å². The number of nitrogen functional groups attached to an aromatic ring is 1. The molecule has 17 heavy (non-hydrogen) atoms. The SMILES string of the molecule is CSC(C)CNS(=O)(=O)c1ccc(F)cc1N. The highest BCUT2D eigenvalue weighted by Gasteiger charge is 2.18. The summed E-state index contributed by atoms with van der Waals surface area (Å²) in [5, 5.41) is 0.159. The Bertz CT molecular complexity index is 491. The Labute approximate surface area is 105 Å². The minimum atomic E-state index is -3.67. The van der Waals surface area contributed by atoms with Crippen LogP contribution in [0.1, 0.15) is 6.92 Å². The van der Waals surface area contributed by atoms with Crippen LogP contribution in [0.4, 0.5) is 10.1 Å². The molecule has 3 N–H and O–H groups in total. The molecule has 1 aromatic rings. The van der Waals surface area contributed by atoms with E-state index in [0.29, 0.717) is 6.54 Å². The van der Waals surface area contributed by atoms with Crippen molar-refractivity contribution in [2.24, 2.45) is 0 Å². The summed E-state index contributed by atoms with van der Waals surface area (Å²) in [7, 11) is -3.67. The maximum Gasteiger partial charge on any atom is 0.242 e. The summed E-state index contributed by atoms with van der Waals surface area (Å²) >= 11 is 1.55. The van der Waals surface area contributed by atoms with Gasteiger partial charge in [-0.2, -0.15) is 11.8 Å². The molecule has 0 bridgehead atoms. The first-order valence-corrected chi connectivity index (χ1v) is 7.71. The zero-order valence-corrected chi connectivity index (χ0v) is 11.2. The van der Waals surface area contributed by atoms with Crippen LogP contribution in [0.25, 0.3) is 0 Å². The molecule has 1 rings (SSSR count). The van der Waals surface area contributed by atoms with E-state index in [0.717, 1.165) is 18.2 Å². The van der Waals surface area contributed by atoms with Crippen molar-refractivity contribution in [2.75, 3.05) is 18.5 Å². The molecule has 1 unspecified atom stereocenters. The third kappa shape index (κ3) is 3.86. The maximum absolute atomic E-state index is 12.8. The number of anilines is 1. The molecule has 0 aliphatic heterocycles.